The van der Waals surface area contributed by atoms with Crippen LogP contribution in [0.3, 0.4) is 0 Å². The highest BCUT2D eigenvalue weighted by Gasteiger charge is 2.27. The molecule has 32 heavy (non-hydrogen) atoms. The van der Waals surface area contributed by atoms with E-state index in [1.54, 1.807) is 12.1 Å². The first-order chi connectivity index (χ1) is 15.5. The maximum Gasteiger partial charge on any atom is 0.403 e. The summed E-state index contributed by atoms with van der Waals surface area (Å²) in [5.74, 6) is 0.111. The molecule has 5 nitrogen and oxygen atoms in total. The van der Waals surface area contributed by atoms with Crippen molar-refractivity contribution in [1.82, 2.24) is 0 Å². The fourth-order valence-electron chi connectivity index (χ4n) is 3.99. The van der Waals surface area contributed by atoms with Gasteiger partial charge in [0.05, 0.1) is 5.75 Å². The Morgan fingerprint density at radius 2 is 1.25 bits per heavy atom. The van der Waals surface area contributed by atoms with Gasteiger partial charge in [-0.25, -0.2) is 8.42 Å². The van der Waals surface area contributed by atoms with Gasteiger partial charge in [0.15, 0.2) is 19.7 Å². The van der Waals surface area contributed by atoms with Gasteiger partial charge in [-0.3, -0.25) is 0 Å². The molecular formula is C26H46N3O2S+. The molecule has 0 aromatic heterocycles. The zero-order valence-electron chi connectivity index (χ0n) is 20.8. The van der Waals surface area contributed by atoms with Gasteiger partial charge in [0.2, 0.25) is 5.39 Å². The molecule has 6 heteroatoms. The van der Waals surface area contributed by atoms with Crippen molar-refractivity contribution in [3.63, 3.8) is 0 Å². The van der Waals surface area contributed by atoms with E-state index < -0.39 is 9.84 Å². The number of hydrogen-bond donors (Lipinski definition) is 0. The van der Waals surface area contributed by atoms with Crippen LogP contribution in [0.5, 0.6) is 0 Å². The molecule has 0 fully saturated rings. The number of nitrogens with zero attached hydrogens (tertiary/aromatic N) is 3. The lowest BCUT2D eigenvalue weighted by Crippen LogP contribution is -2.25. The number of hydrogen-bond acceptors (Lipinski definition) is 4. The summed E-state index contributed by atoms with van der Waals surface area (Å²) in [7, 11) is -3.49. The van der Waals surface area contributed by atoms with Gasteiger partial charge in [-0.1, -0.05) is 91.4 Å². The molecule has 0 atom stereocenters. The van der Waals surface area contributed by atoms with E-state index in [0.29, 0.717) is 6.42 Å². The third-order valence-electron chi connectivity index (χ3n) is 6.08. The highest BCUT2D eigenvalue weighted by molar-refractivity contribution is 7.91. The van der Waals surface area contributed by atoms with E-state index in [4.69, 9.17) is 0 Å². The van der Waals surface area contributed by atoms with Gasteiger partial charge in [0.25, 0.3) is 0 Å². The summed E-state index contributed by atoms with van der Waals surface area (Å²) in [6.07, 6.45) is 16.0. The van der Waals surface area contributed by atoms with Crippen LogP contribution >= 0.6 is 0 Å². The van der Waals surface area contributed by atoms with Crippen molar-refractivity contribution in [2.75, 3.05) is 23.7 Å². The average Bonchev–Trinajstić information content (AvgIpc) is 2.80. The summed E-state index contributed by atoms with van der Waals surface area (Å²) in [6.45, 7) is 8.37. The predicted octanol–water partition coefficient (Wildman–Crippen LogP) is 8.27. The van der Waals surface area contributed by atoms with Gasteiger partial charge in [0, 0.05) is 24.8 Å². The number of benzene rings is 1. The van der Waals surface area contributed by atoms with Crippen molar-refractivity contribution in [2.24, 2.45) is 0 Å². The Hall–Kier alpha value is -1.61. The van der Waals surface area contributed by atoms with Gasteiger partial charge >= 0.3 is 5.69 Å². The highest BCUT2D eigenvalue weighted by Crippen LogP contribution is 2.31. The lowest BCUT2D eigenvalue weighted by molar-refractivity contribution is 0.558. The van der Waals surface area contributed by atoms with E-state index >= 15 is 0 Å². The van der Waals surface area contributed by atoms with E-state index in [1.807, 2.05) is 6.07 Å². The molecule has 0 aliphatic rings. The fourth-order valence-corrected chi connectivity index (χ4v) is 5.52. The Balaban J connectivity index is 2.67. The molecule has 0 aliphatic carbocycles. The quantitative estimate of drug-likeness (QED) is 0.153. The van der Waals surface area contributed by atoms with Gasteiger partial charge in [-0.2, -0.15) is 0 Å². The molecule has 0 unspecified atom stereocenters. The molecule has 0 spiro atoms. The van der Waals surface area contributed by atoms with Crippen molar-refractivity contribution in [1.29, 1.82) is 5.39 Å². The van der Waals surface area contributed by atoms with Crippen molar-refractivity contribution >= 4 is 21.2 Å². The van der Waals surface area contributed by atoms with Crippen molar-refractivity contribution in [2.45, 2.75) is 116 Å². The van der Waals surface area contributed by atoms with Crippen LogP contribution in [0.2, 0.25) is 0 Å². The minimum Gasteiger partial charge on any atom is -0.371 e. The lowest BCUT2D eigenvalue weighted by atomic mass is 10.1. The summed E-state index contributed by atoms with van der Waals surface area (Å²) in [6, 6.07) is 5.22. The average molecular weight is 465 g/mol. The van der Waals surface area contributed by atoms with E-state index in [9.17, 15) is 13.8 Å². The maximum atomic E-state index is 13.1. The van der Waals surface area contributed by atoms with Crippen LogP contribution in [0.25, 0.3) is 4.98 Å². The topological polar surface area (TPSA) is 65.5 Å². The minimum absolute atomic E-state index is 0.111. The molecule has 0 saturated heterocycles. The molecular weight excluding hydrogens is 418 g/mol. The second-order valence-corrected chi connectivity index (χ2v) is 11.0. The number of anilines is 1. The monoisotopic (exact) mass is 464 g/mol. The molecule has 1 rings (SSSR count). The molecule has 0 heterocycles. The summed E-state index contributed by atoms with van der Waals surface area (Å²) in [4.78, 5) is 5.68. The largest absolute Gasteiger partial charge is 0.403 e. The number of unbranched alkanes of at least 4 members (excludes halogenated alkanes) is 11. The first-order valence-corrected chi connectivity index (χ1v) is 14.6. The second kappa shape index (κ2) is 16.9. The first-order valence-electron chi connectivity index (χ1n) is 13.0. The van der Waals surface area contributed by atoms with E-state index in [-0.39, 0.29) is 16.3 Å². The van der Waals surface area contributed by atoms with Crippen LogP contribution in [0.15, 0.2) is 23.1 Å². The van der Waals surface area contributed by atoms with Crippen molar-refractivity contribution in [3.05, 3.63) is 23.2 Å². The van der Waals surface area contributed by atoms with Crippen LogP contribution in [0.4, 0.5) is 11.4 Å². The third kappa shape index (κ3) is 10.8. The molecule has 0 bridgehead atoms. The second-order valence-electron chi connectivity index (χ2n) is 8.95. The summed E-state index contributed by atoms with van der Waals surface area (Å²) < 4.78 is 26.1. The van der Waals surface area contributed by atoms with E-state index in [2.05, 4.69) is 30.6 Å². The van der Waals surface area contributed by atoms with Gasteiger partial charge < -0.3 is 4.90 Å². The summed E-state index contributed by atoms with van der Waals surface area (Å²) in [5, 5.41) is 9.39. The van der Waals surface area contributed by atoms with Crippen LogP contribution in [-0.2, 0) is 9.84 Å². The van der Waals surface area contributed by atoms with Crippen molar-refractivity contribution < 1.29 is 8.42 Å². The van der Waals surface area contributed by atoms with E-state index in [0.717, 1.165) is 57.3 Å². The zero-order valence-corrected chi connectivity index (χ0v) is 21.6. The van der Waals surface area contributed by atoms with Crippen LogP contribution < -0.4 is 4.90 Å². The van der Waals surface area contributed by atoms with Crippen LogP contribution in [0, 0.1) is 5.39 Å². The number of sulfone groups is 1. The molecule has 182 valence electrons. The Morgan fingerprint density at radius 1 is 0.750 bits per heavy atom. The Kier molecular flexibility index (Phi) is 15.1. The fraction of sp³-hybridized carbons (Fsp3) is 0.769. The van der Waals surface area contributed by atoms with Gasteiger partial charge in [-0.05, 0) is 31.4 Å². The van der Waals surface area contributed by atoms with Crippen LogP contribution in [0.1, 0.15) is 111 Å². The molecule has 0 amide bonds. The van der Waals surface area contributed by atoms with Gasteiger partial charge in [-0.15, -0.1) is 0 Å². The highest BCUT2D eigenvalue weighted by atomic mass is 32.2. The van der Waals surface area contributed by atoms with E-state index in [1.165, 1.54) is 44.9 Å². The molecule has 0 radical (unpaired) electrons. The number of diazo groups is 1. The molecule has 1 aromatic carbocycles. The summed E-state index contributed by atoms with van der Waals surface area (Å²) in [5.41, 5.74) is 1.05. The smallest absolute Gasteiger partial charge is 0.371 e. The predicted molar refractivity (Wildman–Crippen MR) is 137 cm³/mol. The third-order valence-corrected chi connectivity index (χ3v) is 7.90. The molecule has 0 aliphatic heterocycles. The maximum absolute atomic E-state index is 13.1. The Morgan fingerprint density at radius 3 is 1.75 bits per heavy atom. The SMILES string of the molecule is CCCCCCCCCCCCS(=O)(=O)c1cc(N(CCCC)CCCC)ccc1[N+]#N. The number of rotatable bonds is 19. The normalized spacial score (nSPS) is 11.4. The van der Waals surface area contributed by atoms with Gasteiger partial charge in [0.1, 0.15) is 0 Å². The van der Waals surface area contributed by atoms with Crippen LogP contribution in [-0.4, -0.2) is 27.3 Å². The standard InChI is InChI=1S/C26H46N3O2S/c1-4-7-10-11-12-13-14-15-16-17-22-32(30,31)26-23-24(18-19-25(26)28-27)29(20-8-5-2)21-9-6-3/h18-19,23H,4-17,20-22H2,1-3H3/q+1. The first kappa shape index (κ1) is 28.4. The molecule has 0 saturated carbocycles. The Bertz CT molecular complexity index is 764. The Labute approximate surface area is 197 Å². The molecule has 0 N–H and O–H groups in total. The van der Waals surface area contributed by atoms with Crippen molar-refractivity contribution in [3.8, 4) is 0 Å². The summed E-state index contributed by atoms with van der Waals surface area (Å²) >= 11 is 0. The minimum atomic E-state index is -3.49. The lowest BCUT2D eigenvalue weighted by Gasteiger charge is -2.24. The molecule has 1 aromatic rings. The zero-order chi connectivity index (χ0) is 23.7.